The van der Waals surface area contributed by atoms with E-state index in [1.54, 1.807) is 0 Å². The van der Waals surface area contributed by atoms with E-state index >= 15 is 0 Å². The first-order valence-electron chi connectivity index (χ1n) is 8.49. The minimum atomic E-state index is -0.114. The Bertz CT molecular complexity index is 840. The molecule has 2 aromatic rings. The lowest BCUT2D eigenvalue weighted by molar-refractivity contribution is -0.115. The average Bonchev–Trinajstić information content (AvgIpc) is 2.98. The van der Waals surface area contributed by atoms with Gasteiger partial charge in [0.1, 0.15) is 0 Å². The van der Waals surface area contributed by atoms with Crippen molar-refractivity contribution in [2.45, 2.75) is 13.8 Å². The zero-order chi connectivity index (χ0) is 18.5. The number of carbonyl (C=O) groups excluding carboxylic acids is 1. The molecule has 0 unspecified atom stereocenters. The third-order valence-corrected chi connectivity index (χ3v) is 5.47. The molecule has 1 saturated heterocycles. The number of hydrogen-bond acceptors (Lipinski definition) is 4. The Hall–Kier alpha value is -2.05. The van der Waals surface area contributed by atoms with Crippen LogP contribution in [0.15, 0.2) is 62.9 Å². The molecule has 1 fully saturated rings. The van der Waals surface area contributed by atoms with E-state index in [2.05, 4.69) is 57.1 Å². The summed E-state index contributed by atoms with van der Waals surface area (Å²) < 4.78 is 1.01. The van der Waals surface area contributed by atoms with E-state index in [1.165, 1.54) is 17.4 Å². The second-order valence-electron chi connectivity index (χ2n) is 5.72. The fourth-order valence-electron chi connectivity index (χ4n) is 2.63. The SMILES string of the molecule is CCN(CC)c1ccc(N=C2NC(=O)C(=Cc3ccc(Br)cc3)S2)cc1. The monoisotopic (exact) mass is 429 g/mol. The quantitative estimate of drug-likeness (QED) is 0.665. The number of carbonyl (C=O) groups is 1. The Balaban J connectivity index is 1.74. The van der Waals surface area contributed by atoms with Crippen LogP contribution in [0.4, 0.5) is 11.4 Å². The van der Waals surface area contributed by atoms with Crippen molar-refractivity contribution >= 4 is 56.2 Å². The van der Waals surface area contributed by atoms with Crippen molar-refractivity contribution in [2.75, 3.05) is 18.0 Å². The van der Waals surface area contributed by atoms with Crippen molar-refractivity contribution < 1.29 is 4.79 Å². The molecule has 0 spiro atoms. The van der Waals surface area contributed by atoms with Crippen LogP contribution in [0, 0.1) is 0 Å². The first kappa shape index (κ1) is 18.7. The van der Waals surface area contributed by atoms with Gasteiger partial charge in [0.2, 0.25) is 0 Å². The van der Waals surface area contributed by atoms with Crippen LogP contribution in [0.2, 0.25) is 0 Å². The van der Waals surface area contributed by atoms with Crippen molar-refractivity contribution in [1.29, 1.82) is 0 Å². The van der Waals surface area contributed by atoms with Gasteiger partial charge in [-0.2, -0.15) is 0 Å². The van der Waals surface area contributed by atoms with E-state index in [4.69, 9.17) is 0 Å². The maximum atomic E-state index is 12.2. The Morgan fingerprint density at radius 3 is 2.35 bits per heavy atom. The highest BCUT2D eigenvalue weighted by molar-refractivity contribution is 9.10. The molecule has 134 valence electrons. The van der Waals surface area contributed by atoms with E-state index in [0.717, 1.165) is 28.8 Å². The maximum absolute atomic E-state index is 12.2. The van der Waals surface area contributed by atoms with Gasteiger partial charge in [0, 0.05) is 23.2 Å². The second-order valence-corrected chi connectivity index (χ2v) is 7.67. The molecule has 3 rings (SSSR count). The normalized spacial score (nSPS) is 17.0. The molecule has 26 heavy (non-hydrogen) atoms. The van der Waals surface area contributed by atoms with Gasteiger partial charge in [0.05, 0.1) is 10.6 Å². The summed E-state index contributed by atoms with van der Waals surface area (Å²) in [5.41, 5.74) is 2.99. The average molecular weight is 430 g/mol. The third-order valence-electron chi connectivity index (χ3n) is 4.03. The van der Waals surface area contributed by atoms with Crippen molar-refractivity contribution in [3.05, 3.63) is 63.5 Å². The maximum Gasteiger partial charge on any atom is 0.264 e. The zero-order valence-electron chi connectivity index (χ0n) is 14.7. The summed E-state index contributed by atoms with van der Waals surface area (Å²) in [5.74, 6) is -0.114. The number of amides is 1. The number of aliphatic imine (C=N–C) groups is 1. The van der Waals surface area contributed by atoms with Crippen LogP contribution >= 0.6 is 27.7 Å². The molecule has 0 radical (unpaired) electrons. The molecule has 0 saturated carbocycles. The van der Waals surface area contributed by atoms with Gasteiger partial charge < -0.3 is 10.2 Å². The molecule has 1 aliphatic heterocycles. The topological polar surface area (TPSA) is 44.7 Å². The van der Waals surface area contributed by atoms with Gasteiger partial charge in [0.25, 0.3) is 5.91 Å². The summed E-state index contributed by atoms with van der Waals surface area (Å²) in [6.45, 7) is 6.23. The molecule has 1 aliphatic rings. The lowest BCUT2D eigenvalue weighted by Gasteiger charge is -2.20. The number of halogens is 1. The Kier molecular flexibility index (Phi) is 6.16. The smallest absolute Gasteiger partial charge is 0.264 e. The molecule has 1 heterocycles. The van der Waals surface area contributed by atoms with Crippen molar-refractivity contribution in [3.63, 3.8) is 0 Å². The van der Waals surface area contributed by atoms with E-state index in [0.29, 0.717) is 10.1 Å². The van der Waals surface area contributed by atoms with E-state index < -0.39 is 0 Å². The summed E-state index contributed by atoms with van der Waals surface area (Å²) >= 11 is 4.77. The van der Waals surface area contributed by atoms with Crippen LogP contribution in [0.25, 0.3) is 6.08 Å². The van der Waals surface area contributed by atoms with Gasteiger partial charge >= 0.3 is 0 Å². The molecule has 0 bridgehead atoms. The zero-order valence-corrected chi connectivity index (χ0v) is 17.1. The van der Waals surface area contributed by atoms with Crippen LogP contribution in [-0.2, 0) is 4.79 Å². The number of amidine groups is 1. The van der Waals surface area contributed by atoms with Gasteiger partial charge in [-0.3, -0.25) is 4.79 Å². The van der Waals surface area contributed by atoms with Crippen molar-refractivity contribution in [1.82, 2.24) is 5.32 Å². The summed E-state index contributed by atoms with van der Waals surface area (Å²) in [6, 6.07) is 15.9. The third kappa shape index (κ3) is 4.56. The number of thioether (sulfide) groups is 1. The Morgan fingerprint density at radius 1 is 1.08 bits per heavy atom. The van der Waals surface area contributed by atoms with Gasteiger partial charge in [-0.05, 0) is 73.6 Å². The summed E-state index contributed by atoms with van der Waals surface area (Å²) in [4.78, 5) is 19.6. The summed E-state index contributed by atoms with van der Waals surface area (Å²) in [7, 11) is 0. The second kappa shape index (κ2) is 8.56. The number of nitrogens with zero attached hydrogens (tertiary/aromatic N) is 2. The van der Waals surface area contributed by atoms with E-state index in [-0.39, 0.29) is 5.91 Å². The molecule has 0 aliphatic carbocycles. The fourth-order valence-corrected chi connectivity index (χ4v) is 3.74. The fraction of sp³-hybridized carbons (Fsp3) is 0.200. The highest BCUT2D eigenvalue weighted by Gasteiger charge is 2.23. The molecule has 0 atom stereocenters. The van der Waals surface area contributed by atoms with Gasteiger partial charge in [-0.15, -0.1) is 0 Å². The van der Waals surface area contributed by atoms with Crippen LogP contribution in [0.1, 0.15) is 19.4 Å². The molecule has 1 N–H and O–H groups in total. The minimum Gasteiger partial charge on any atom is -0.372 e. The summed E-state index contributed by atoms with van der Waals surface area (Å²) in [6.07, 6.45) is 1.87. The minimum absolute atomic E-state index is 0.114. The number of nitrogens with one attached hydrogen (secondary N) is 1. The van der Waals surface area contributed by atoms with Crippen LogP contribution in [0.3, 0.4) is 0 Å². The van der Waals surface area contributed by atoms with Crippen LogP contribution < -0.4 is 10.2 Å². The number of benzene rings is 2. The van der Waals surface area contributed by atoms with Gasteiger partial charge in [-0.25, -0.2) is 4.99 Å². The molecule has 1 amide bonds. The highest BCUT2D eigenvalue weighted by Crippen LogP contribution is 2.29. The van der Waals surface area contributed by atoms with Crippen molar-refractivity contribution in [2.24, 2.45) is 4.99 Å². The Labute approximate surface area is 166 Å². The number of anilines is 1. The Morgan fingerprint density at radius 2 is 1.73 bits per heavy atom. The molecular weight excluding hydrogens is 410 g/mol. The number of hydrogen-bond donors (Lipinski definition) is 1. The lowest BCUT2D eigenvalue weighted by atomic mass is 10.2. The first-order valence-corrected chi connectivity index (χ1v) is 10.1. The van der Waals surface area contributed by atoms with E-state index in [9.17, 15) is 4.79 Å². The van der Waals surface area contributed by atoms with Gasteiger partial charge in [-0.1, -0.05) is 28.1 Å². The largest absolute Gasteiger partial charge is 0.372 e. The van der Waals surface area contributed by atoms with Crippen LogP contribution in [0.5, 0.6) is 0 Å². The van der Waals surface area contributed by atoms with Crippen LogP contribution in [-0.4, -0.2) is 24.2 Å². The van der Waals surface area contributed by atoms with Crippen molar-refractivity contribution in [3.8, 4) is 0 Å². The standard InChI is InChI=1S/C20H20BrN3OS/c1-3-24(4-2)17-11-9-16(10-12-17)22-20-23-19(25)18(26-20)13-14-5-7-15(21)8-6-14/h5-13H,3-4H2,1-2H3,(H,22,23,25). The van der Waals surface area contributed by atoms with E-state index in [1.807, 2.05) is 42.5 Å². The predicted molar refractivity (Wildman–Crippen MR) is 115 cm³/mol. The summed E-state index contributed by atoms with van der Waals surface area (Å²) in [5, 5.41) is 3.44. The molecule has 2 aromatic carbocycles. The highest BCUT2D eigenvalue weighted by atomic mass is 79.9. The molecule has 0 aromatic heterocycles. The van der Waals surface area contributed by atoms with Gasteiger partial charge in [0.15, 0.2) is 5.17 Å². The molecule has 4 nitrogen and oxygen atoms in total. The molecule has 6 heteroatoms. The predicted octanol–water partition coefficient (Wildman–Crippen LogP) is 5.19. The first-order chi connectivity index (χ1) is 12.6. The lowest BCUT2D eigenvalue weighted by Crippen LogP contribution is -2.21. The molecular formula is C20H20BrN3OS. The number of rotatable bonds is 5.